The Morgan fingerprint density at radius 3 is 2.31 bits per heavy atom. The van der Waals surface area contributed by atoms with Gasteiger partial charge < -0.3 is 4.90 Å². The summed E-state index contributed by atoms with van der Waals surface area (Å²) < 4.78 is 28.7. The Hall–Kier alpha value is -1.11. The molecule has 7 heteroatoms. The predicted octanol–water partition coefficient (Wildman–Crippen LogP) is 3.74. The molecule has 0 radical (unpaired) electrons. The average Bonchev–Trinajstić information content (AvgIpc) is 3.45. The van der Waals surface area contributed by atoms with Crippen LogP contribution in [0.2, 0.25) is 5.02 Å². The van der Waals surface area contributed by atoms with Gasteiger partial charge in [-0.2, -0.15) is 0 Å². The Labute approximate surface area is 178 Å². The van der Waals surface area contributed by atoms with Crippen LogP contribution in [0.5, 0.6) is 0 Å². The van der Waals surface area contributed by atoms with Gasteiger partial charge in [0.2, 0.25) is 16.4 Å². The highest BCUT2D eigenvalue weighted by Crippen LogP contribution is 2.57. The third-order valence-electron chi connectivity index (χ3n) is 8.09. The Kier molecular flexibility index (Phi) is 4.76. The van der Waals surface area contributed by atoms with Crippen molar-refractivity contribution in [3.8, 4) is 0 Å². The lowest BCUT2D eigenvalue weighted by atomic mass is 9.53. The molecule has 1 N–H and O–H groups in total. The summed E-state index contributed by atoms with van der Waals surface area (Å²) in [5.41, 5.74) is 0.196. The Morgan fingerprint density at radius 1 is 1.14 bits per heavy atom. The molecular formula is C22H29ClN2O3S. The van der Waals surface area contributed by atoms with Crippen LogP contribution in [0.25, 0.3) is 0 Å². The van der Waals surface area contributed by atoms with Crippen molar-refractivity contribution in [2.45, 2.75) is 68.3 Å². The van der Waals surface area contributed by atoms with Gasteiger partial charge in [-0.25, -0.2) is 13.1 Å². The highest BCUT2D eigenvalue weighted by Gasteiger charge is 2.57. The first-order chi connectivity index (χ1) is 13.8. The van der Waals surface area contributed by atoms with E-state index >= 15 is 0 Å². The number of rotatable bonds is 7. The third kappa shape index (κ3) is 3.31. The minimum absolute atomic E-state index is 0.216. The first-order valence-electron chi connectivity index (χ1n) is 10.8. The van der Waals surface area contributed by atoms with E-state index < -0.39 is 10.0 Å². The van der Waals surface area contributed by atoms with E-state index in [0.29, 0.717) is 28.5 Å². The molecule has 0 saturated heterocycles. The molecule has 158 valence electrons. The van der Waals surface area contributed by atoms with E-state index in [4.69, 9.17) is 11.6 Å². The SMILES string of the molecule is Cc1c(Cl)cccc1S(=O)(=O)NCC1(N(C=O)C2C3CC4CC(C3)CC2C4)CC1. The largest absolute Gasteiger partial charge is 0.335 e. The number of benzene rings is 1. The Bertz CT molecular complexity index is 900. The van der Waals surface area contributed by atoms with Gasteiger partial charge in [0.1, 0.15) is 0 Å². The van der Waals surface area contributed by atoms with Crippen LogP contribution in [-0.4, -0.2) is 37.9 Å². The van der Waals surface area contributed by atoms with Gasteiger partial charge in [0.25, 0.3) is 0 Å². The summed E-state index contributed by atoms with van der Waals surface area (Å²) >= 11 is 6.12. The molecule has 5 aliphatic rings. The van der Waals surface area contributed by atoms with E-state index in [-0.39, 0.29) is 17.0 Å². The van der Waals surface area contributed by atoms with Gasteiger partial charge in [-0.05, 0) is 93.2 Å². The van der Waals surface area contributed by atoms with E-state index in [1.165, 1.54) is 32.1 Å². The molecule has 6 rings (SSSR count). The summed E-state index contributed by atoms with van der Waals surface area (Å²) in [5, 5.41) is 0.442. The van der Waals surface area contributed by atoms with Gasteiger partial charge >= 0.3 is 0 Å². The first kappa shape index (κ1) is 19.8. The summed E-state index contributed by atoms with van der Waals surface area (Å²) in [5.74, 6) is 2.89. The summed E-state index contributed by atoms with van der Waals surface area (Å²) in [7, 11) is -3.68. The van der Waals surface area contributed by atoms with E-state index in [1.54, 1.807) is 25.1 Å². The molecule has 1 aromatic carbocycles. The summed E-state index contributed by atoms with van der Waals surface area (Å²) in [6.45, 7) is 2.00. The standard InChI is InChI=1S/C22H29ClN2O3S/c1-14-19(23)3-2-4-20(14)29(27,28)24-12-22(5-6-22)25(13-26)21-17-8-15-7-16(10-17)11-18(21)9-15/h2-4,13,15-18,21,24H,5-12H2,1H3. The molecule has 5 nitrogen and oxygen atoms in total. The fraction of sp³-hybridized carbons (Fsp3) is 0.682. The zero-order valence-corrected chi connectivity index (χ0v) is 18.4. The van der Waals surface area contributed by atoms with E-state index in [0.717, 1.165) is 31.1 Å². The van der Waals surface area contributed by atoms with Gasteiger partial charge in [0, 0.05) is 17.6 Å². The Morgan fingerprint density at radius 2 is 1.76 bits per heavy atom. The second kappa shape index (κ2) is 6.96. The molecule has 0 unspecified atom stereocenters. The maximum atomic E-state index is 12.9. The molecule has 4 bridgehead atoms. The topological polar surface area (TPSA) is 66.5 Å². The number of nitrogens with one attached hydrogen (secondary N) is 1. The number of halogens is 1. The normalized spacial score (nSPS) is 34.2. The van der Waals surface area contributed by atoms with Crippen LogP contribution in [0.4, 0.5) is 0 Å². The summed E-state index contributed by atoms with van der Waals surface area (Å²) in [4.78, 5) is 14.5. The van der Waals surface area contributed by atoms with Crippen LogP contribution < -0.4 is 4.72 Å². The second-order valence-electron chi connectivity index (χ2n) is 9.85. The van der Waals surface area contributed by atoms with Crippen LogP contribution in [0.15, 0.2) is 23.1 Å². The minimum Gasteiger partial charge on any atom is -0.335 e. The summed E-state index contributed by atoms with van der Waals surface area (Å²) in [6.07, 6.45) is 9.09. The smallest absolute Gasteiger partial charge is 0.240 e. The Balaban J connectivity index is 1.34. The third-order valence-corrected chi connectivity index (χ3v) is 10.0. The number of sulfonamides is 1. The van der Waals surface area contributed by atoms with E-state index in [9.17, 15) is 13.2 Å². The molecule has 29 heavy (non-hydrogen) atoms. The number of hydrogen-bond acceptors (Lipinski definition) is 3. The highest BCUT2D eigenvalue weighted by atomic mass is 35.5. The molecule has 5 fully saturated rings. The van der Waals surface area contributed by atoms with Crippen molar-refractivity contribution in [3.63, 3.8) is 0 Å². The molecule has 0 atom stereocenters. The molecule has 1 aromatic rings. The van der Waals surface area contributed by atoms with Crippen molar-refractivity contribution in [1.82, 2.24) is 9.62 Å². The quantitative estimate of drug-likeness (QED) is 0.662. The van der Waals surface area contributed by atoms with Gasteiger partial charge in [-0.1, -0.05) is 17.7 Å². The van der Waals surface area contributed by atoms with Crippen molar-refractivity contribution >= 4 is 28.0 Å². The molecular weight excluding hydrogens is 408 g/mol. The molecule has 0 heterocycles. The van der Waals surface area contributed by atoms with Crippen LogP contribution >= 0.6 is 11.6 Å². The molecule has 0 spiro atoms. The molecule has 5 saturated carbocycles. The first-order valence-corrected chi connectivity index (χ1v) is 12.7. The van der Waals surface area contributed by atoms with Crippen molar-refractivity contribution in [3.05, 3.63) is 28.8 Å². The fourth-order valence-corrected chi connectivity index (χ4v) is 8.32. The molecule has 0 aliphatic heterocycles. The average molecular weight is 437 g/mol. The van der Waals surface area contributed by atoms with Crippen LogP contribution in [0, 0.1) is 30.6 Å². The minimum atomic E-state index is -3.68. The van der Waals surface area contributed by atoms with Crippen LogP contribution in [0.3, 0.4) is 0 Å². The van der Waals surface area contributed by atoms with E-state index in [2.05, 4.69) is 4.72 Å². The molecule has 1 amide bonds. The maximum absolute atomic E-state index is 12.9. The van der Waals surface area contributed by atoms with Crippen molar-refractivity contribution in [1.29, 1.82) is 0 Å². The van der Waals surface area contributed by atoms with Gasteiger partial charge in [0.05, 0.1) is 10.4 Å². The van der Waals surface area contributed by atoms with Gasteiger partial charge in [-0.3, -0.25) is 4.79 Å². The maximum Gasteiger partial charge on any atom is 0.240 e. The monoisotopic (exact) mass is 436 g/mol. The van der Waals surface area contributed by atoms with Crippen LogP contribution in [-0.2, 0) is 14.8 Å². The number of nitrogens with zero attached hydrogens (tertiary/aromatic N) is 1. The van der Waals surface area contributed by atoms with Crippen LogP contribution in [0.1, 0.15) is 50.5 Å². The highest BCUT2D eigenvalue weighted by molar-refractivity contribution is 7.89. The second-order valence-corrected chi connectivity index (χ2v) is 12.0. The van der Waals surface area contributed by atoms with Crippen molar-refractivity contribution in [2.24, 2.45) is 23.7 Å². The molecule has 0 aromatic heterocycles. The van der Waals surface area contributed by atoms with Gasteiger partial charge in [-0.15, -0.1) is 0 Å². The number of carbonyl (C=O) groups excluding carboxylic acids is 1. The number of hydrogen-bond donors (Lipinski definition) is 1. The van der Waals surface area contributed by atoms with Crippen molar-refractivity contribution < 1.29 is 13.2 Å². The predicted molar refractivity (Wildman–Crippen MR) is 112 cm³/mol. The zero-order chi connectivity index (χ0) is 20.4. The lowest BCUT2D eigenvalue weighted by molar-refractivity contribution is -0.136. The lowest BCUT2D eigenvalue weighted by Gasteiger charge is -2.58. The fourth-order valence-electron chi connectivity index (χ4n) is 6.71. The van der Waals surface area contributed by atoms with E-state index in [1.807, 2.05) is 4.90 Å². The van der Waals surface area contributed by atoms with Crippen molar-refractivity contribution in [2.75, 3.05) is 6.54 Å². The number of amides is 1. The summed E-state index contributed by atoms with van der Waals surface area (Å²) in [6, 6.07) is 5.22. The molecule has 5 aliphatic carbocycles. The van der Waals surface area contributed by atoms with Gasteiger partial charge in [0.15, 0.2) is 0 Å². The number of carbonyl (C=O) groups is 1. The lowest BCUT2D eigenvalue weighted by Crippen LogP contribution is -2.60. The zero-order valence-electron chi connectivity index (χ0n) is 16.8.